The van der Waals surface area contributed by atoms with Crippen molar-refractivity contribution < 1.29 is 9.44 Å². The van der Waals surface area contributed by atoms with Crippen LogP contribution in [-0.4, -0.2) is 53.7 Å². The summed E-state index contributed by atoms with van der Waals surface area (Å²) in [6.07, 6.45) is 2.21. The van der Waals surface area contributed by atoms with E-state index < -0.39 is 0 Å². The first-order valence-corrected chi connectivity index (χ1v) is 13.6. The van der Waals surface area contributed by atoms with E-state index in [2.05, 4.69) is 29.4 Å². The fourth-order valence-electron chi connectivity index (χ4n) is 5.65. The van der Waals surface area contributed by atoms with Gasteiger partial charge in [0.25, 0.3) is 5.91 Å². The Morgan fingerprint density at radius 2 is 1.61 bits per heavy atom. The summed E-state index contributed by atoms with van der Waals surface area (Å²) in [7, 11) is 2.05. The second-order valence-corrected chi connectivity index (χ2v) is 10.9. The van der Waals surface area contributed by atoms with E-state index in [0.717, 1.165) is 59.2 Å². The van der Waals surface area contributed by atoms with Gasteiger partial charge in [-0.3, -0.25) is 9.69 Å². The van der Waals surface area contributed by atoms with Gasteiger partial charge < -0.3 is 15.2 Å². The summed E-state index contributed by atoms with van der Waals surface area (Å²) in [5.74, 6) is 0.305. The first kappa shape index (κ1) is 24.7. The molecule has 2 aliphatic rings. The number of nitrogens with one attached hydrogen (secondary N) is 1. The minimum Gasteiger partial charge on any atom is -0.632 e. The molecule has 1 aliphatic heterocycles. The van der Waals surface area contributed by atoms with Crippen LogP contribution in [0.3, 0.4) is 0 Å². The van der Waals surface area contributed by atoms with Gasteiger partial charge in [-0.1, -0.05) is 78.9 Å². The van der Waals surface area contributed by atoms with Gasteiger partial charge in [0.05, 0.1) is 35.9 Å². The minimum atomic E-state index is -0.352. The van der Waals surface area contributed by atoms with Crippen molar-refractivity contribution >= 4 is 16.8 Å². The van der Waals surface area contributed by atoms with Gasteiger partial charge in [-0.05, 0) is 37.4 Å². The Morgan fingerprint density at radius 3 is 2.29 bits per heavy atom. The molecule has 1 N–H and O–H groups in total. The number of quaternary nitrogens is 1. The molecule has 38 heavy (non-hydrogen) atoms. The maximum Gasteiger partial charge on any atom is 0.253 e. The van der Waals surface area contributed by atoms with Crippen LogP contribution in [0, 0.1) is 11.1 Å². The van der Waals surface area contributed by atoms with Gasteiger partial charge in [0.15, 0.2) is 0 Å². The molecule has 1 unspecified atom stereocenters. The van der Waals surface area contributed by atoms with Gasteiger partial charge in [-0.25, -0.2) is 4.98 Å². The second-order valence-electron chi connectivity index (χ2n) is 10.9. The molecule has 1 aromatic heterocycles. The number of benzene rings is 3. The summed E-state index contributed by atoms with van der Waals surface area (Å²) in [5.41, 5.74) is 4.86. The van der Waals surface area contributed by atoms with E-state index in [1.165, 1.54) is 0 Å². The maximum atomic E-state index is 14.3. The monoisotopic (exact) mass is 506 g/mol. The molecule has 0 bridgehead atoms. The molecular formula is C32H34N4O2. The van der Waals surface area contributed by atoms with Gasteiger partial charge in [0, 0.05) is 29.6 Å². The highest BCUT2D eigenvalue weighted by atomic mass is 16.5. The van der Waals surface area contributed by atoms with Crippen molar-refractivity contribution in [2.24, 2.45) is 5.92 Å². The fraction of sp³-hybridized carbons (Fsp3) is 0.312. The number of hydrogen-bond donors (Lipinski definition) is 1. The summed E-state index contributed by atoms with van der Waals surface area (Å²) in [6.45, 7) is 2.69. The van der Waals surface area contributed by atoms with Crippen LogP contribution in [0.4, 0.5) is 0 Å². The van der Waals surface area contributed by atoms with E-state index in [-0.39, 0.29) is 23.1 Å². The van der Waals surface area contributed by atoms with Crippen LogP contribution in [0.15, 0.2) is 84.9 Å². The van der Waals surface area contributed by atoms with Crippen LogP contribution in [0.5, 0.6) is 0 Å². The highest BCUT2D eigenvalue weighted by Gasteiger charge is 2.35. The predicted octanol–water partition coefficient (Wildman–Crippen LogP) is 5.54. The minimum absolute atomic E-state index is 0.0531. The molecule has 2 heterocycles. The van der Waals surface area contributed by atoms with Crippen LogP contribution in [0.2, 0.25) is 0 Å². The van der Waals surface area contributed by atoms with Gasteiger partial charge in [-0.2, -0.15) is 0 Å². The van der Waals surface area contributed by atoms with E-state index >= 15 is 0 Å². The number of piperazine rings is 1. The zero-order valence-electron chi connectivity index (χ0n) is 21.8. The number of hydroxylamine groups is 3. The van der Waals surface area contributed by atoms with E-state index in [1.807, 2.05) is 72.8 Å². The first-order valence-electron chi connectivity index (χ1n) is 13.6. The van der Waals surface area contributed by atoms with Crippen LogP contribution in [-0.2, 0) is 6.54 Å². The molecule has 1 saturated heterocycles. The van der Waals surface area contributed by atoms with Crippen molar-refractivity contribution in [1.29, 1.82) is 0 Å². The third-order valence-electron chi connectivity index (χ3n) is 8.03. The number of para-hydroxylation sites is 1. The maximum absolute atomic E-state index is 14.3. The second kappa shape index (κ2) is 10.3. The molecule has 0 radical (unpaired) electrons. The molecule has 6 heteroatoms. The lowest BCUT2D eigenvalue weighted by Gasteiger charge is -2.48. The zero-order chi connectivity index (χ0) is 26.1. The SMILES string of the molecule is CN1CC[N+]([O-])(Cc2c(-c3ccccc3)nc3ccccc3c2C(=O)NC(c2ccccc2)C2CC2)CC1. The smallest absolute Gasteiger partial charge is 0.253 e. The number of aromatic nitrogens is 1. The van der Waals surface area contributed by atoms with Crippen molar-refractivity contribution in [3.8, 4) is 11.3 Å². The van der Waals surface area contributed by atoms with Crippen LogP contribution >= 0.6 is 0 Å². The first-order chi connectivity index (χ1) is 18.5. The van der Waals surface area contributed by atoms with Crippen LogP contribution in [0.25, 0.3) is 22.2 Å². The van der Waals surface area contributed by atoms with Crippen molar-refractivity contribution in [2.75, 3.05) is 33.2 Å². The standard InChI is InChI=1S/C32H34N4O2/c1-35-18-20-36(38,21-19-35)22-27-29(32(37)34-30(25-16-17-25)23-10-4-2-5-11-23)26-14-8-9-15-28(26)33-31(27)24-12-6-3-7-13-24/h2-15,25,30H,16-22H2,1H3,(H,34,37). The Bertz CT molecular complexity index is 1430. The van der Waals surface area contributed by atoms with E-state index in [1.54, 1.807) is 0 Å². The highest BCUT2D eigenvalue weighted by Crippen LogP contribution is 2.42. The fourth-order valence-corrected chi connectivity index (χ4v) is 5.65. The molecule has 1 aliphatic carbocycles. The van der Waals surface area contributed by atoms with Crippen molar-refractivity contribution in [3.05, 3.63) is 107 Å². The van der Waals surface area contributed by atoms with E-state index in [0.29, 0.717) is 24.6 Å². The number of nitrogens with zero attached hydrogens (tertiary/aromatic N) is 3. The van der Waals surface area contributed by atoms with Crippen molar-refractivity contribution in [1.82, 2.24) is 15.2 Å². The predicted molar refractivity (Wildman–Crippen MR) is 151 cm³/mol. The molecular weight excluding hydrogens is 472 g/mol. The number of likely N-dealkylation sites (N-methyl/N-ethyl adjacent to an activating group) is 1. The Kier molecular flexibility index (Phi) is 6.70. The number of carbonyl (C=O) groups is 1. The number of hydrogen-bond acceptors (Lipinski definition) is 4. The Balaban J connectivity index is 1.50. The topological polar surface area (TPSA) is 68.3 Å². The van der Waals surface area contributed by atoms with Crippen LogP contribution in [0.1, 0.15) is 40.4 Å². The molecule has 6 nitrogen and oxygen atoms in total. The van der Waals surface area contributed by atoms with E-state index in [9.17, 15) is 10.0 Å². The molecule has 4 aromatic rings. The van der Waals surface area contributed by atoms with Gasteiger partial charge >= 0.3 is 0 Å². The molecule has 1 amide bonds. The van der Waals surface area contributed by atoms with Gasteiger partial charge in [-0.15, -0.1) is 0 Å². The normalized spacial score (nSPS) is 18.3. The third-order valence-corrected chi connectivity index (χ3v) is 8.03. The summed E-state index contributed by atoms with van der Waals surface area (Å²) >= 11 is 0. The number of fused-ring (bicyclic) bond motifs is 1. The number of amides is 1. The molecule has 6 rings (SSSR count). The Labute approximate surface area is 224 Å². The molecule has 1 saturated carbocycles. The van der Waals surface area contributed by atoms with Gasteiger partial charge in [0.2, 0.25) is 0 Å². The summed E-state index contributed by atoms with van der Waals surface area (Å²) in [4.78, 5) is 21.6. The number of carbonyl (C=O) groups excluding carboxylic acids is 1. The Morgan fingerprint density at radius 1 is 0.974 bits per heavy atom. The third kappa shape index (κ3) is 5.07. The largest absolute Gasteiger partial charge is 0.632 e. The molecule has 2 fully saturated rings. The van der Waals surface area contributed by atoms with E-state index in [4.69, 9.17) is 4.98 Å². The molecule has 194 valence electrons. The summed E-state index contributed by atoms with van der Waals surface area (Å²) in [5, 5.41) is 18.2. The van der Waals surface area contributed by atoms with Crippen LogP contribution < -0.4 is 5.32 Å². The lowest BCUT2D eigenvalue weighted by molar-refractivity contribution is -0.898. The Hall–Kier alpha value is -3.58. The lowest BCUT2D eigenvalue weighted by Crippen LogP contribution is -2.54. The van der Waals surface area contributed by atoms with Crippen molar-refractivity contribution in [3.63, 3.8) is 0 Å². The number of rotatable bonds is 7. The van der Waals surface area contributed by atoms with Gasteiger partial charge in [0.1, 0.15) is 6.54 Å². The zero-order valence-corrected chi connectivity index (χ0v) is 21.8. The quantitative estimate of drug-likeness (QED) is 0.264. The lowest BCUT2D eigenvalue weighted by atomic mass is 9.94. The molecule has 3 aromatic carbocycles. The summed E-state index contributed by atoms with van der Waals surface area (Å²) in [6, 6.07) is 27.9. The highest BCUT2D eigenvalue weighted by molar-refractivity contribution is 6.09. The molecule has 1 atom stereocenters. The number of pyridine rings is 1. The summed E-state index contributed by atoms with van der Waals surface area (Å²) < 4.78 is -0.352. The average molecular weight is 507 g/mol. The average Bonchev–Trinajstić information content (AvgIpc) is 3.79. The van der Waals surface area contributed by atoms with Crippen molar-refractivity contribution in [2.45, 2.75) is 25.4 Å². The molecule has 0 spiro atoms.